The lowest BCUT2D eigenvalue weighted by Crippen LogP contribution is -2.13. The lowest BCUT2D eigenvalue weighted by Gasteiger charge is -2.14. The number of rotatable bonds is 6. The van der Waals surface area contributed by atoms with Gasteiger partial charge >= 0.3 is 0 Å². The monoisotopic (exact) mass is 554 g/mol. The third-order valence-corrected chi connectivity index (χ3v) is 5.27. The summed E-state index contributed by atoms with van der Waals surface area (Å²) in [5.74, 6) is 6.81. The lowest BCUT2D eigenvalue weighted by molar-refractivity contribution is 0.100. The number of terminal acetylenes is 1. The Labute approximate surface area is 230 Å². The quantitative estimate of drug-likeness (QED) is 0.243. The normalized spacial score (nSPS) is 12.5. The second-order valence-corrected chi connectivity index (χ2v) is 8.41. The molecule has 0 aliphatic heterocycles. The van der Waals surface area contributed by atoms with Crippen LogP contribution in [-0.4, -0.2) is 39.1 Å². The fourth-order valence-corrected chi connectivity index (χ4v) is 3.26. The number of methoxy groups -OCH3 is 1. The van der Waals surface area contributed by atoms with E-state index in [1.165, 1.54) is 25.3 Å². The first-order valence-electron chi connectivity index (χ1n) is 11.6. The van der Waals surface area contributed by atoms with Gasteiger partial charge in [-0.05, 0) is 42.7 Å². The van der Waals surface area contributed by atoms with Crippen molar-refractivity contribution in [2.45, 2.75) is 33.1 Å². The van der Waals surface area contributed by atoms with Gasteiger partial charge in [0.05, 0.1) is 18.9 Å². The average Bonchev–Trinajstić information content (AvgIpc) is 3.76. The SMILES string of the molecule is C#C/C=C\C(=N)Oc1cc(-c2cc(C(F)F)ncc2OC)c(C(=O)N=C(N)SC(=N)C#CC2CC2)cn1.CC.[HH]. The molecule has 1 aliphatic carbocycles. The Hall–Kier alpha value is -4.55. The number of alkyl halides is 2. The standard InChI is InChI=1S/C25H20F2N6O3S.C2H6.H2/c1-3-4-5-20(28)36-22-11-15(16-10-18(23(26)27)31-13-19(16)35-2)17(12-32-22)24(34)33-25(30)37-21(29)9-8-14-6-7-14;1-2;/h1,4-5,10-14,23,28-29H,6-7H2,2H3,(H2,30,33,34);1-2H3;1H/b5-4-,28-20?,29-21?;;. The molecule has 9 nitrogen and oxygen atoms in total. The number of nitrogens with zero attached hydrogens (tertiary/aromatic N) is 3. The van der Waals surface area contributed by atoms with Crippen LogP contribution in [0.1, 0.15) is 50.6 Å². The Morgan fingerprint density at radius 1 is 1.28 bits per heavy atom. The molecule has 0 spiro atoms. The number of pyridine rings is 2. The molecule has 2 aromatic heterocycles. The maximum Gasteiger partial charge on any atom is 0.281 e. The fourth-order valence-electron chi connectivity index (χ4n) is 2.82. The molecule has 4 N–H and O–H groups in total. The molecule has 0 bridgehead atoms. The Morgan fingerprint density at radius 2 is 2.00 bits per heavy atom. The number of amidine groups is 1. The third kappa shape index (κ3) is 9.36. The minimum atomic E-state index is -2.89. The van der Waals surface area contributed by atoms with Gasteiger partial charge in [-0.25, -0.2) is 13.8 Å². The first-order chi connectivity index (χ1) is 18.7. The Kier molecular flexibility index (Phi) is 11.8. The van der Waals surface area contributed by atoms with Gasteiger partial charge in [-0.3, -0.25) is 20.6 Å². The molecule has 1 aliphatic rings. The molecule has 0 aromatic carbocycles. The summed E-state index contributed by atoms with van der Waals surface area (Å²) in [4.78, 5) is 24.5. The number of amides is 1. The van der Waals surface area contributed by atoms with E-state index in [1.54, 1.807) is 0 Å². The number of carbonyl (C=O) groups is 1. The summed E-state index contributed by atoms with van der Waals surface area (Å²) in [5, 5.41) is 15.4. The summed E-state index contributed by atoms with van der Waals surface area (Å²) in [5.41, 5.74) is 5.31. The summed E-state index contributed by atoms with van der Waals surface area (Å²) in [6, 6.07) is 2.33. The molecule has 0 unspecified atom stereocenters. The van der Waals surface area contributed by atoms with Crippen molar-refractivity contribution in [3.05, 3.63) is 47.9 Å². The van der Waals surface area contributed by atoms with Crippen LogP contribution >= 0.6 is 11.8 Å². The molecule has 12 heteroatoms. The van der Waals surface area contributed by atoms with Crippen LogP contribution in [0.4, 0.5) is 8.78 Å². The Balaban J connectivity index is 0.00000261. The molecule has 3 rings (SSSR count). The van der Waals surface area contributed by atoms with Crippen molar-refractivity contribution in [3.8, 4) is 46.9 Å². The number of hydrogen-bond donors (Lipinski definition) is 3. The number of nitrogens with one attached hydrogen (secondary N) is 2. The van der Waals surface area contributed by atoms with Gasteiger partial charge in [0.25, 0.3) is 12.3 Å². The smallest absolute Gasteiger partial charge is 0.281 e. The second-order valence-electron chi connectivity index (χ2n) is 7.37. The first-order valence-corrected chi connectivity index (χ1v) is 12.4. The van der Waals surface area contributed by atoms with E-state index in [1.807, 2.05) is 13.8 Å². The van der Waals surface area contributed by atoms with Crippen LogP contribution in [-0.2, 0) is 0 Å². The molecule has 2 aromatic rings. The number of allylic oxidation sites excluding steroid dienone is 1. The second kappa shape index (κ2) is 15.0. The Bertz CT molecular complexity index is 1410. The van der Waals surface area contributed by atoms with Crippen LogP contribution in [0.5, 0.6) is 11.6 Å². The van der Waals surface area contributed by atoms with Crippen LogP contribution in [0.15, 0.2) is 41.7 Å². The van der Waals surface area contributed by atoms with Crippen molar-refractivity contribution in [3.63, 3.8) is 0 Å². The van der Waals surface area contributed by atoms with Gasteiger partial charge in [0.2, 0.25) is 11.8 Å². The number of thioether (sulfide) groups is 1. The lowest BCUT2D eigenvalue weighted by atomic mass is 10.0. The van der Waals surface area contributed by atoms with Crippen molar-refractivity contribution in [1.29, 1.82) is 10.8 Å². The molecule has 1 fully saturated rings. The number of ether oxygens (including phenoxy) is 2. The minimum absolute atomic E-state index is 0. The van der Waals surface area contributed by atoms with Crippen molar-refractivity contribution in [1.82, 2.24) is 9.97 Å². The predicted octanol–water partition coefficient (Wildman–Crippen LogP) is 5.49. The highest BCUT2D eigenvalue weighted by Gasteiger charge is 2.22. The van der Waals surface area contributed by atoms with Gasteiger partial charge in [0.15, 0.2) is 5.17 Å². The highest BCUT2D eigenvalue weighted by Crippen LogP contribution is 2.36. The van der Waals surface area contributed by atoms with Gasteiger partial charge in [0.1, 0.15) is 16.5 Å². The third-order valence-electron chi connectivity index (χ3n) is 4.66. The predicted molar refractivity (Wildman–Crippen MR) is 151 cm³/mol. The van der Waals surface area contributed by atoms with E-state index in [2.05, 4.69) is 32.7 Å². The van der Waals surface area contributed by atoms with Gasteiger partial charge < -0.3 is 15.2 Å². The molecule has 1 saturated carbocycles. The molecular weight excluding hydrogens is 526 g/mol. The van der Waals surface area contributed by atoms with E-state index >= 15 is 0 Å². The van der Waals surface area contributed by atoms with Gasteiger partial charge in [-0.15, -0.1) is 6.42 Å². The first kappa shape index (κ1) is 30.7. The largest absolute Gasteiger partial charge is 0.494 e. The van der Waals surface area contributed by atoms with Crippen molar-refractivity contribution in [2.75, 3.05) is 7.11 Å². The van der Waals surface area contributed by atoms with Crippen LogP contribution in [0.3, 0.4) is 0 Å². The maximum absolute atomic E-state index is 13.4. The molecule has 0 atom stereocenters. The highest BCUT2D eigenvalue weighted by atomic mass is 32.2. The number of aromatic nitrogens is 2. The summed E-state index contributed by atoms with van der Waals surface area (Å²) < 4.78 is 37.4. The number of halogens is 2. The molecule has 1 amide bonds. The molecule has 0 saturated heterocycles. The molecule has 2 heterocycles. The van der Waals surface area contributed by atoms with E-state index in [0.717, 1.165) is 31.3 Å². The van der Waals surface area contributed by atoms with Crippen molar-refractivity contribution < 1.29 is 24.5 Å². The highest BCUT2D eigenvalue weighted by molar-refractivity contribution is 8.26. The van der Waals surface area contributed by atoms with E-state index in [0.29, 0.717) is 11.8 Å². The number of aliphatic imine (C=N–C) groups is 1. The zero-order chi connectivity index (χ0) is 28.9. The topological polar surface area (TPSA) is 147 Å². The van der Waals surface area contributed by atoms with Gasteiger partial charge in [0, 0.05) is 36.8 Å². The number of carbonyl (C=O) groups excluding carboxylic acids is 1. The van der Waals surface area contributed by atoms with E-state index in [-0.39, 0.29) is 51.8 Å². The maximum atomic E-state index is 13.4. The zero-order valence-electron chi connectivity index (χ0n) is 21.4. The van der Waals surface area contributed by atoms with Crippen LogP contribution in [0, 0.1) is 40.9 Å². The number of hydrogen-bond acceptors (Lipinski definition) is 8. The van der Waals surface area contributed by atoms with E-state index in [9.17, 15) is 13.6 Å². The molecule has 0 radical (unpaired) electrons. The summed E-state index contributed by atoms with van der Waals surface area (Å²) >= 11 is 0.713. The summed E-state index contributed by atoms with van der Waals surface area (Å²) in [6.07, 6.45) is 8.86. The molecule has 39 heavy (non-hydrogen) atoms. The average molecular weight is 555 g/mol. The van der Waals surface area contributed by atoms with Gasteiger partial charge in [-0.2, -0.15) is 4.99 Å². The van der Waals surface area contributed by atoms with Crippen molar-refractivity contribution in [2.24, 2.45) is 16.6 Å². The van der Waals surface area contributed by atoms with E-state index in [4.69, 9.17) is 32.4 Å². The minimum Gasteiger partial charge on any atom is -0.494 e. The summed E-state index contributed by atoms with van der Waals surface area (Å²) in [7, 11) is 1.31. The summed E-state index contributed by atoms with van der Waals surface area (Å²) in [6.45, 7) is 4.00. The molecular formula is C27H28F2N6O3S. The fraction of sp³-hybridized carbons (Fsp3) is 0.259. The van der Waals surface area contributed by atoms with Crippen LogP contribution in [0.2, 0.25) is 0 Å². The van der Waals surface area contributed by atoms with Crippen molar-refractivity contribution >= 4 is 33.8 Å². The number of nitrogens with two attached hydrogens (primary N) is 1. The van der Waals surface area contributed by atoms with E-state index < -0.39 is 18.0 Å². The van der Waals surface area contributed by atoms with Crippen LogP contribution in [0.25, 0.3) is 11.1 Å². The van der Waals surface area contributed by atoms with Gasteiger partial charge in [-0.1, -0.05) is 25.7 Å². The van der Waals surface area contributed by atoms with Crippen LogP contribution < -0.4 is 15.2 Å². The molecule has 204 valence electrons. The Morgan fingerprint density at radius 3 is 2.62 bits per heavy atom. The zero-order valence-corrected chi connectivity index (χ0v) is 22.2.